The molecule has 0 bridgehead atoms. The van der Waals surface area contributed by atoms with Crippen LogP contribution >= 0.6 is 0 Å². The molecule has 0 saturated carbocycles. The second-order valence-electron chi connectivity index (χ2n) is 5.39. The molecule has 1 aliphatic carbocycles. The predicted octanol–water partition coefficient (Wildman–Crippen LogP) is 4.90. The number of likely N-dealkylation sites (N-methyl/N-ethyl adjacent to an activating group) is 1. The normalized spacial score (nSPS) is 20.6. The lowest BCUT2D eigenvalue weighted by atomic mass is 9.90. The Morgan fingerprint density at radius 2 is 1.95 bits per heavy atom. The van der Waals surface area contributed by atoms with Gasteiger partial charge in [-0.1, -0.05) is 31.4 Å². The Hall–Kier alpha value is -1.22. The van der Waals surface area contributed by atoms with Crippen LogP contribution in [0.25, 0.3) is 0 Å². The summed E-state index contributed by atoms with van der Waals surface area (Å²) in [6.45, 7) is 2.73. The van der Waals surface area contributed by atoms with Crippen molar-refractivity contribution in [3.63, 3.8) is 0 Å². The van der Waals surface area contributed by atoms with Crippen LogP contribution < -0.4 is 5.32 Å². The Kier molecular flexibility index (Phi) is 5.72. The summed E-state index contributed by atoms with van der Waals surface area (Å²) >= 11 is 0. The van der Waals surface area contributed by atoms with Gasteiger partial charge in [-0.2, -0.15) is 0 Å². The first-order valence-electron chi connectivity index (χ1n) is 7.59. The zero-order valence-corrected chi connectivity index (χ0v) is 12.1. The molecule has 1 aliphatic rings. The van der Waals surface area contributed by atoms with E-state index in [1.165, 1.54) is 43.0 Å². The summed E-state index contributed by atoms with van der Waals surface area (Å²) in [4.78, 5) is 0. The molecule has 2 rings (SSSR count). The molecule has 0 aromatic heterocycles. The van der Waals surface area contributed by atoms with E-state index in [4.69, 9.17) is 0 Å². The molecule has 0 radical (unpaired) electrons. The SMILES string of the molecule is CCNC(/C1=C/CCCCCC1)c1cc(F)ccc1F. The lowest BCUT2D eigenvalue weighted by Gasteiger charge is -2.24. The first kappa shape index (κ1) is 15.2. The maximum atomic E-state index is 14.0. The molecule has 1 aromatic carbocycles. The van der Waals surface area contributed by atoms with Gasteiger partial charge in [-0.05, 0) is 50.4 Å². The molecule has 1 atom stereocenters. The second-order valence-corrected chi connectivity index (χ2v) is 5.39. The topological polar surface area (TPSA) is 12.0 Å². The van der Waals surface area contributed by atoms with Crippen LogP contribution in [-0.2, 0) is 0 Å². The molecule has 0 saturated heterocycles. The zero-order valence-electron chi connectivity index (χ0n) is 12.1. The number of rotatable bonds is 4. The first-order valence-corrected chi connectivity index (χ1v) is 7.59. The lowest BCUT2D eigenvalue weighted by Crippen LogP contribution is -2.24. The number of halogens is 2. The van der Waals surface area contributed by atoms with Gasteiger partial charge in [0.1, 0.15) is 11.6 Å². The van der Waals surface area contributed by atoms with Gasteiger partial charge in [0, 0.05) is 5.56 Å². The summed E-state index contributed by atoms with van der Waals surface area (Å²) < 4.78 is 27.5. The van der Waals surface area contributed by atoms with Crippen molar-refractivity contribution in [2.75, 3.05) is 6.54 Å². The van der Waals surface area contributed by atoms with Gasteiger partial charge < -0.3 is 5.32 Å². The van der Waals surface area contributed by atoms with Gasteiger partial charge in [0.25, 0.3) is 0 Å². The van der Waals surface area contributed by atoms with E-state index in [2.05, 4.69) is 11.4 Å². The molecule has 0 fully saturated rings. The number of benzene rings is 1. The van der Waals surface area contributed by atoms with Crippen molar-refractivity contribution in [3.8, 4) is 0 Å². The molecular weight excluding hydrogens is 256 g/mol. The van der Waals surface area contributed by atoms with Crippen LogP contribution in [0.15, 0.2) is 29.8 Å². The van der Waals surface area contributed by atoms with Gasteiger partial charge in [0.15, 0.2) is 0 Å². The average molecular weight is 279 g/mol. The van der Waals surface area contributed by atoms with Crippen molar-refractivity contribution < 1.29 is 8.78 Å². The minimum absolute atomic E-state index is 0.200. The summed E-state index contributed by atoms with van der Waals surface area (Å²) in [6, 6.07) is 3.52. The van der Waals surface area contributed by atoms with Crippen molar-refractivity contribution in [1.29, 1.82) is 0 Å². The summed E-state index contributed by atoms with van der Waals surface area (Å²) in [7, 11) is 0. The molecular formula is C17H23F2N. The fourth-order valence-electron chi connectivity index (χ4n) is 2.86. The quantitative estimate of drug-likeness (QED) is 0.773. The average Bonchev–Trinajstić information content (AvgIpc) is 2.40. The van der Waals surface area contributed by atoms with E-state index in [9.17, 15) is 8.78 Å². The Bertz CT molecular complexity index is 468. The lowest BCUT2D eigenvalue weighted by molar-refractivity contribution is 0.517. The minimum atomic E-state index is -0.379. The molecule has 3 heteroatoms. The Morgan fingerprint density at radius 1 is 1.15 bits per heavy atom. The smallest absolute Gasteiger partial charge is 0.128 e. The standard InChI is InChI=1S/C17H23F2N/c1-2-20-17(13-8-6-4-3-5-7-9-13)15-12-14(18)10-11-16(15)19/h8,10-12,17,20H,2-7,9H2,1H3/b13-8+. The van der Waals surface area contributed by atoms with E-state index < -0.39 is 0 Å². The van der Waals surface area contributed by atoms with Crippen molar-refractivity contribution in [3.05, 3.63) is 47.0 Å². The van der Waals surface area contributed by atoms with Gasteiger partial charge in [0.05, 0.1) is 6.04 Å². The molecule has 0 heterocycles. The van der Waals surface area contributed by atoms with Crippen molar-refractivity contribution >= 4 is 0 Å². The minimum Gasteiger partial charge on any atom is -0.307 e. The molecule has 1 N–H and O–H groups in total. The summed E-state index contributed by atoms with van der Waals surface area (Å²) in [6.07, 6.45) is 9.03. The third kappa shape index (κ3) is 3.89. The number of hydrogen-bond donors (Lipinski definition) is 1. The summed E-state index contributed by atoms with van der Waals surface area (Å²) in [5.74, 6) is -0.712. The van der Waals surface area contributed by atoms with Crippen LogP contribution in [0, 0.1) is 11.6 Å². The van der Waals surface area contributed by atoms with Crippen molar-refractivity contribution in [2.24, 2.45) is 0 Å². The molecule has 1 aromatic rings. The molecule has 1 nitrogen and oxygen atoms in total. The summed E-state index contributed by atoms with van der Waals surface area (Å²) in [5.41, 5.74) is 1.63. The second kappa shape index (κ2) is 7.53. The third-order valence-corrected chi connectivity index (χ3v) is 3.87. The fraction of sp³-hybridized carbons (Fsp3) is 0.529. The van der Waals surface area contributed by atoms with Crippen LogP contribution in [0.4, 0.5) is 8.78 Å². The first-order chi connectivity index (χ1) is 9.72. The van der Waals surface area contributed by atoms with Gasteiger partial charge in [-0.15, -0.1) is 0 Å². The fourth-order valence-corrected chi connectivity index (χ4v) is 2.86. The van der Waals surface area contributed by atoms with Crippen LogP contribution in [0.1, 0.15) is 57.1 Å². The van der Waals surface area contributed by atoms with Crippen molar-refractivity contribution in [2.45, 2.75) is 51.5 Å². The highest BCUT2D eigenvalue weighted by Gasteiger charge is 2.20. The van der Waals surface area contributed by atoms with E-state index in [-0.39, 0.29) is 17.7 Å². The maximum absolute atomic E-state index is 14.0. The Morgan fingerprint density at radius 3 is 2.75 bits per heavy atom. The third-order valence-electron chi connectivity index (χ3n) is 3.87. The van der Waals surface area contributed by atoms with Gasteiger partial charge in [0.2, 0.25) is 0 Å². The molecule has 0 spiro atoms. The molecule has 20 heavy (non-hydrogen) atoms. The van der Waals surface area contributed by atoms with Crippen LogP contribution in [0.2, 0.25) is 0 Å². The Balaban J connectivity index is 2.31. The number of hydrogen-bond acceptors (Lipinski definition) is 1. The Labute approximate surface area is 120 Å². The van der Waals surface area contributed by atoms with E-state index in [1.807, 2.05) is 6.92 Å². The molecule has 1 unspecified atom stereocenters. The van der Waals surface area contributed by atoms with Gasteiger partial charge >= 0.3 is 0 Å². The highest BCUT2D eigenvalue weighted by Crippen LogP contribution is 2.30. The van der Waals surface area contributed by atoms with E-state index in [1.54, 1.807) is 0 Å². The number of allylic oxidation sites excluding steroid dienone is 1. The zero-order chi connectivity index (χ0) is 14.4. The van der Waals surface area contributed by atoms with Crippen LogP contribution in [0.3, 0.4) is 0 Å². The highest BCUT2D eigenvalue weighted by molar-refractivity contribution is 5.30. The monoisotopic (exact) mass is 279 g/mol. The van der Waals surface area contributed by atoms with E-state index >= 15 is 0 Å². The highest BCUT2D eigenvalue weighted by atomic mass is 19.1. The van der Waals surface area contributed by atoms with Crippen LogP contribution in [-0.4, -0.2) is 6.54 Å². The van der Waals surface area contributed by atoms with E-state index in [0.717, 1.165) is 25.8 Å². The van der Waals surface area contributed by atoms with E-state index in [0.29, 0.717) is 5.56 Å². The maximum Gasteiger partial charge on any atom is 0.128 e. The van der Waals surface area contributed by atoms with Crippen molar-refractivity contribution in [1.82, 2.24) is 5.32 Å². The van der Waals surface area contributed by atoms with Crippen LogP contribution in [0.5, 0.6) is 0 Å². The predicted molar refractivity (Wildman–Crippen MR) is 78.6 cm³/mol. The van der Waals surface area contributed by atoms with Gasteiger partial charge in [-0.25, -0.2) is 8.78 Å². The largest absolute Gasteiger partial charge is 0.307 e. The molecule has 110 valence electrons. The number of nitrogens with one attached hydrogen (secondary N) is 1. The van der Waals surface area contributed by atoms with Gasteiger partial charge in [-0.3, -0.25) is 0 Å². The summed E-state index contributed by atoms with van der Waals surface area (Å²) in [5, 5.41) is 3.31. The molecule has 0 amide bonds. The molecule has 0 aliphatic heterocycles.